The van der Waals surface area contributed by atoms with Crippen molar-refractivity contribution in [1.29, 1.82) is 0 Å². The third-order valence-corrected chi connectivity index (χ3v) is 3.20. The zero-order valence-corrected chi connectivity index (χ0v) is 12.5. The Labute approximate surface area is 119 Å². The van der Waals surface area contributed by atoms with Gasteiger partial charge in [0.1, 0.15) is 0 Å². The second-order valence-corrected chi connectivity index (χ2v) is 5.79. The molecule has 20 heavy (non-hydrogen) atoms. The van der Waals surface area contributed by atoms with E-state index in [-0.39, 0.29) is 17.2 Å². The second-order valence-electron chi connectivity index (χ2n) is 5.79. The molecule has 1 amide bonds. The van der Waals surface area contributed by atoms with Crippen LogP contribution < -0.4 is 11.1 Å². The van der Waals surface area contributed by atoms with Crippen molar-refractivity contribution >= 4 is 11.7 Å². The summed E-state index contributed by atoms with van der Waals surface area (Å²) in [7, 11) is 0. The highest BCUT2D eigenvalue weighted by atomic mass is 16.4. The van der Waals surface area contributed by atoms with E-state index < -0.39 is 6.04 Å². The third kappa shape index (κ3) is 3.98. The lowest BCUT2D eigenvalue weighted by molar-refractivity contribution is 0.0945. The van der Waals surface area contributed by atoms with Gasteiger partial charge in [-0.3, -0.25) is 4.79 Å². The highest BCUT2D eigenvalue weighted by molar-refractivity contribution is 5.98. The first-order chi connectivity index (χ1) is 9.29. The summed E-state index contributed by atoms with van der Waals surface area (Å²) in [6.07, 6.45) is 0.557. The van der Waals surface area contributed by atoms with Gasteiger partial charge in [-0.25, -0.2) is 0 Å². The molecular formula is C15H23N3O2. The van der Waals surface area contributed by atoms with Crippen LogP contribution >= 0.6 is 0 Å². The average molecular weight is 277 g/mol. The van der Waals surface area contributed by atoms with Crippen LogP contribution in [0, 0.1) is 0 Å². The summed E-state index contributed by atoms with van der Waals surface area (Å²) in [6.45, 7) is 8.21. The van der Waals surface area contributed by atoms with Crippen molar-refractivity contribution in [2.24, 2.45) is 10.9 Å². The van der Waals surface area contributed by atoms with E-state index >= 15 is 0 Å². The van der Waals surface area contributed by atoms with Gasteiger partial charge in [-0.1, -0.05) is 45.0 Å². The highest BCUT2D eigenvalue weighted by Crippen LogP contribution is 2.22. The van der Waals surface area contributed by atoms with E-state index in [0.29, 0.717) is 12.0 Å². The van der Waals surface area contributed by atoms with Crippen LogP contribution in [0.1, 0.15) is 50.0 Å². The Morgan fingerprint density at radius 1 is 1.35 bits per heavy atom. The molecule has 0 saturated carbocycles. The van der Waals surface area contributed by atoms with E-state index in [1.807, 2.05) is 19.1 Å². The summed E-state index contributed by atoms with van der Waals surface area (Å²) in [6, 6.07) is 7.00. The van der Waals surface area contributed by atoms with Gasteiger partial charge in [-0.2, -0.15) is 0 Å². The van der Waals surface area contributed by atoms with Crippen LogP contribution in [-0.4, -0.2) is 23.0 Å². The summed E-state index contributed by atoms with van der Waals surface area (Å²) in [5.74, 6) is -0.226. The lowest BCUT2D eigenvalue weighted by Crippen LogP contribution is -2.44. The van der Waals surface area contributed by atoms with Crippen molar-refractivity contribution in [2.45, 2.75) is 45.6 Å². The number of nitrogens with one attached hydrogen (secondary N) is 1. The first-order valence-corrected chi connectivity index (χ1v) is 6.68. The Morgan fingerprint density at radius 2 is 1.90 bits per heavy atom. The number of carbonyl (C=O) groups is 1. The van der Waals surface area contributed by atoms with Crippen LogP contribution in [0.2, 0.25) is 0 Å². The summed E-state index contributed by atoms with van der Waals surface area (Å²) in [5.41, 5.74) is 7.29. The van der Waals surface area contributed by atoms with Crippen molar-refractivity contribution in [3.8, 4) is 0 Å². The maximum Gasteiger partial charge on any atom is 0.251 e. The van der Waals surface area contributed by atoms with E-state index in [0.717, 1.165) is 5.56 Å². The summed E-state index contributed by atoms with van der Waals surface area (Å²) >= 11 is 0. The van der Waals surface area contributed by atoms with Gasteiger partial charge in [0, 0.05) is 5.56 Å². The molecule has 110 valence electrons. The molecule has 5 nitrogen and oxygen atoms in total. The van der Waals surface area contributed by atoms with Crippen LogP contribution in [0.25, 0.3) is 0 Å². The number of nitrogens with two attached hydrogens (primary N) is 1. The number of hydrogen-bond acceptors (Lipinski definition) is 3. The number of oxime groups is 1. The van der Waals surface area contributed by atoms with Crippen molar-refractivity contribution in [2.75, 3.05) is 0 Å². The molecule has 0 radical (unpaired) electrons. The van der Waals surface area contributed by atoms with Gasteiger partial charge in [0.2, 0.25) is 0 Å². The molecule has 5 heteroatoms. The van der Waals surface area contributed by atoms with Gasteiger partial charge in [-0.15, -0.1) is 0 Å². The highest BCUT2D eigenvalue weighted by Gasteiger charge is 2.17. The molecule has 1 aromatic rings. The predicted octanol–water partition coefficient (Wildman–Crippen LogP) is 2.24. The van der Waals surface area contributed by atoms with E-state index in [9.17, 15) is 4.79 Å². The standard InChI is InChI=1S/C15H23N3O2/c1-5-12(13(16)18-20)17-14(19)10-6-8-11(9-7-10)15(2,3)4/h6-9,12,20H,5H2,1-4H3,(H2,16,18)(H,17,19). The van der Waals surface area contributed by atoms with Crippen molar-refractivity contribution in [1.82, 2.24) is 5.32 Å². The Morgan fingerprint density at radius 3 is 2.30 bits per heavy atom. The summed E-state index contributed by atoms with van der Waals surface area (Å²) < 4.78 is 0. The molecule has 4 N–H and O–H groups in total. The van der Waals surface area contributed by atoms with Crippen LogP contribution in [0.15, 0.2) is 29.4 Å². The Kier molecular flexibility index (Phi) is 5.13. The minimum absolute atomic E-state index is 0.00663. The van der Waals surface area contributed by atoms with E-state index in [1.165, 1.54) is 0 Å². The maximum atomic E-state index is 12.1. The number of benzene rings is 1. The molecule has 0 spiro atoms. The van der Waals surface area contributed by atoms with Crippen LogP contribution in [0.3, 0.4) is 0 Å². The van der Waals surface area contributed by atoms with Crippen LogP contribution in [0.4, 0.5) is 0 Å². The first kappa shape index (κ1) is 16.0. The molecule has 0 aromatic heterocycles. The second kappa shape index (κ2) is 6.41. The number of carbonyl (C=O) groups excluding carboxylic acids is 1. The molecule has 1 unspecified atom stereocenters. The van der Waals surface area contributed by atoms with Crippen molar-refractivity contribution < 1.29 is 10.0 Å². The van der Waals surface area contributed by atoms with Crippen molar-refractivity contribution in [3.05, 3.63) is 35.4 Å². The lowest BCUT2D eigenvalue weighted by Gasteiger charge is -2.19. The molecule has 0 fully saturated rings. The largest absolute Gasteiger partial charge is 0.409 e. The molecule has 0 heterocycles. The number of amidine groups is 1. The SMILES string of the molecule is CCC(NC(=O)c1ccc(C(C)(C)C)cc1)/C(N)=N/O. The fourth-order valence-corrected chi connectivity index (χ4v) is 1.82. The molecule has 0 aliphatic rings. The van der Waals surface area contributed by atoms with Crippen LogP contribution in [0.5, 0.6) is 0 Å². The molecule has 0 aliphatic carbocycles. The molecule has 1 atom stereocenters. The molecule has 1 rings (SSSR count). The maximum absolute atomic E-state index is 12.1. The van der Waals surface area contributed by atoms with Gasteiger partial charge in [0.15, 0.2) is 5.84 Å². The Bertz CT molecular complexity index is 487. The molecule has 1 aromatic carbocycles. The minimum atomic E-state index is -0.463. The fraction of sp³-hybridized carbons (Fsp3) is 0.467. The molecule has 0 aliphatic heterocycles. The van der Waals surface area contributed by atoms with Gasteiger partial charge >= 0.3 is 0 Å². The monoisotopic (exact) mass is 277 g/mol. The number of nitrogens with zero attached hydrogens (tertiary/aromatic N) is 1. The molecular weight excluding hydrogens is 254 g/mol. The predicted molar refractivity (Wildman–Crippen MR) is 80.1 cm³/mol. The van der Waals surface area contributed by atoms with Gasteiger partial charge < -0.3 is 16.3 Å². The van der Waals surface area contributed by atoms with E-state index in [4.69, 9.17) is 10.9 Å². The first-order valence-electron chi connectivity index (χ1n) is 6.68. The fourth-order valence-electron chi connectivity index (χ4n) is 1.82. The molecule has 0 bridgehead atoms. The smallest absolute Gasteiger partial charge is 0.251 e. The Hall–Kier alpha value is -2.04. The topological polar surface area (TPSA) is 87.7 Å². The van der Waals surface area contributed by atoms with Gasteiger partial charge in [0.05, 0.1) is 6.04 Å². The number of hydrogen-bond donors (Lipinski definition) is 3. The molecule has 0 saturated heterocycles. The normalized spacial score (nSPS) is 13.9. The minimum Gasteiger partial charge on any atom is -0.409 e. The zero-order chi connectivity index (χ0) is 15.3. The number of rotatable bonds is 4. The lowest BCUT2D eigenvalue weighted by atomic mass is 9.86. The van der Waals surface area contributed by atoms with Gasteiger partial charge in [-0.05, 0) is 29.5 Å². The van der Waals surface area contributed by atoms with Crippen molar-refractivity contribution in [3.63, 3.8) is 0 Å². The van der Waals surface area contributed by atoms with Gasteiger partial charge in [0.25, 0.3) is 5.91 Å². The average Bonchev–Trinajstić information content (AvgIpc) is 2.42. The summed E-state index contributed by atoms with van der Waals surface area (Å²) in [4.78, 5) is 12.1. The Balaban J connectivity index is 2.83. The quantitative estimate of drug-likeness (QED) is 0.341. The van der Waals surface area contributed by atoms with Crippen LogP contribution in [-0.2, 0) is 5.41 Å². The zero-order valence-electron chi connectivity index (χ0n) is 12.5. The third-order valence-electron chi connectivity index (χ3n) is 3.20. The van der Waals surface area contributed by atoms with E-state index in [2.05, 4.69) is 31.2 Å². The van der Waals surface area contributed by atoms with E-state index in [1.54, 1.807) is 12.1 Å². The number of amides is 1. The summed E-state index contributed by atoms with van der Waals surface area (Å²) in [5, 5.41) is 14.3.